The van der Waals surface area contributed by atoms with E-state index >= 15 is 0 Å². The fourth-order valence-corrected chi connectivity index (χ4v) is 2.15. The predicted octanol–water partition coefficient (Wildman–Crippen LogP) is 1.19. The molecule has 0 radical (unpaired) electrons. The average molecular weight is 252 g/mol. The fraction of sp³-hybridized carbons (Fsp3) is 0.545. The molecule has 1 fully saturated rings. The number of rotatable bonds is 2. The van der Waals surface area contributed by atoms with Crippen molar-refractivity contribution < 1.29 is 9.66 Å². The van der Waals surface area contributed by atoms with Crippen molar-refractivity contribution in [3.05, 3.63) is 22.2 Å². The first-order valence-electron chi connectivity index (χ1n) is 5.78. The molecule has 2 unspecified atom stereocenters. The number of morpholine rings is 1. The van der Waals surface area contributed by atoms with Crippen molar-refractivity contribution in [3.8, 4) is 0 Å². The number of anilines is 2. The molecule has 1 aliphatic heterocycles. The van der Waals surface area contributed by atoms with Crippen molar-refractivity contribution in [2.24, 2.45) is 0 Å². The predicted molar refractivity (Wildman–Crippen MR) is 67.5 cm³/mol. The van der Waals surface area contributed by atoms with Gasteiger partial charge in [0.1, 0.15) is 5.82 Å². The maximum Gasteiger partial charge on any atom is 0.311 e. The van der Waals surface area contributed by atoms with E-state index < -0.39 is 4.92 Å². The average Bonchev–Trinajstić information content (AvgIpc) is 2.26. The number of aromatic nitrogens is 1. The van der Waals surface area contributed by atoms with Crippen molar-refractivity contribution in [1.29, 1.82) is 0 Å². The van der Waals surface area contributed by atoms with Crippen LogP contribution in [0.5, 0.6) is 0 Å². The summed E-state index contributed by atoms with van der Waals surface area (Å²) in [7, 11) is 0. The minimum atomic E-state index is -0.531. The Kier molecular flexibility index (Phi) is 3.33. The van der Waals surface area contributed by atoms with Crippen LogP contribution in [0.4, 0.5) is 17.3 Å². The van der Waals surface area contributed by atoms with E-state index in [1.54, 1.807) is 6.07 Å². The summed E-state index contributed by atoms with van der Waals surface area (Å²) in [6.45, 7) is 5.37. The third-order valence-electron chi connectivity index (χ3n) is 2.83. The van der Waals surface area contributed by atoms with Crippen LogP contribution in [0.1, 0.15) is 13.8 Å². The van der Waals surface area contributed by atoms with E-state index in [2.05, 4.69) is 4.98 Å². The lowest BCUT2D eigenvalue weighted by molar-refractivity contribution is -0.384. The number of nitro groups is 1. The summed E-state index contributed by atoms with van der Waals surface area (Å²) in [4.78, 5) is 16.3. The SMILES string of the molecule is CC1CN(c2ccc([N+](=O)[O-])c(N)n2)CC(C)O1. The lowest BCUT2D eigenvalue weighted by Gasteiger charge is -2.36. The van der Waals surface area contributed by atoms with Crippen LogP contribution in [0.25, 0.3) is 0 Å². The van der Waals surface area contributed by atoms with Gasteiger partial charge < -0.3 is 15.4 Å². The number of ether oxygens (including phenoxy) is 1. The molecule has 7 heteroatoms. The van der Waals surface area contributed by atoms with Crippen LogP contribution in [0.3, 0.4) is 0 Å². The number of pyridine rings is 1. The fourth-order valence-electron chi connectivity index (χ4n) is 2.15. The summed E-state index contributed by atoms with van der Waals surface area (Å²) in [5.41, 5.74) is 5.43. The number of nitrogen functional groups attached to an aromatic ring is 1. The van der Waals surface area contributed by atoms with Gasteiger partial charge >= 0.3 is 5.69 Å². The Labute approximate surface area is 105 Å². The highest BCUT2D eigenvalue weighted by molar-refractivity contribution is 5.58. The Bertz CT molecular complexity index is 456. The summed E-state index contributed by atoms with van der Waals surface area (Å²) in [5, 5.41) is 10.7. The van der Waals surface area contributed by atoms with Crippen LogP contribution >= 0.6 is 0 Å². The highest BCUT2D eigenvalue weighted by Gasteiger charge is 2.24. The maximum absolute atomic E-state index is 10.7. The quantitative estimate of drug-likeness (QED) is 0.627. The number of nitrogens with zero attached hydrogens (tertiary/aromatic N) is 3. The third-order valence-corrected chi connectivity index (χ3v) is 2.83. The molecule has 1 saturated heterocycles. The van der Waals surface area contributed by atoms with Crippen LogP contribution in [-0.4, -0.2) is 35.2 Å². The molecule has 1 aliphatic rings. The van der Waals surface area contributed by atoms with E-state index in [0.29, 0.717) is 18.9 Å². The second kappa shape index (κ2) is 4.77. The van der Waals surface area contributed by atoms with Gasteiger partial charge in [-0.05, 0) is 19.9 Å². The first-order chi connectivity index (χ1) is 8.47. The Balaban J connectivity index is 2.23. The topological polar surface area (TPSA) is 94.5 Å². The van der Waals surface area contributed by atoms with E-state index in [9.17, 15) is 10.1 Å². The van der Waals surface area contributed by atoms with Gasteiger partial charge in [0.15, 0.2) is 0 Å². The molecule has 2 atom stereocenters. The van der Waals surface area contributed by atoms with Gasteiger partial charge in [0.05, 0.1) is 17.1 Å². The minimum absolute atomic E-state index is 0.0516. The third kappa shape index (κ3) is 2.51. The van der Waals surface area contributed by atoms with Crippen LogP contribution < -0.4 is 10.6 Å². The van der Waals surface area contributed by atoms with E-state index in [1.807, 2.05) is 18.7 Å². The highest BCUT2D eigenvalue weighted by atomic mass is 16.6. The molecule has 98 valence electrons. The Morgan fingerprint density at radius 3 is 2.56 bits per heavy atom. The molecule has 0 bridgehead atoms. The lowest BCUT2D eigenvalue weighted by Crippen LogP contribution is -2.45. The maximum atomic E-state index is 10.7. The number of hydrogen-bond donors (Lipinski definition) is 1. The van der Waals surface area contributed by atoms with Gasteiger partial charge in [-0.15, -0.1) is 0 Å². The van der Waals surface area contributed by atoms with Crippen LogP contribution in [-0.2, 0) is 4.74 Å². The molecule has 2 rings (SSSR count). The second-order valence-corrected chi connectivity index (χ2v) is 4.49. The molecule has 0 spiro atoms. The summed E-state index contributed by atoms with van der Waals surface area (Å²) < 4.78 is 5.62. The number of nitrogens with two attached hydrogens (primary N) is 1. The van der Waals surface area contributed by atoms with Gasteiger partial charge in [0, 0.05) is 19.2 Å². The molecule has 2 heterocycles. The van der Waals surface area contributed by atoms with E-state index in [4.69, 9.17) is 10.5 Å². The molecule has 0 amide bonds. The van der Waals surface area contributed by atoms with Crippen molar-refractivity contribution >= 4 is 17.3 Å². The molecular weight excluding hydrogens is 236 g/mol. The monoisotopic (exact) mass is 252 g/mol. The molecule has 7 nitrogen and oxygen atoms in total. The van der Waals surface area contributed by atoms with E-state index in [1.165, 1.54) is 6.07 Å². The summed E-state index contributed by atoms with van der Waals surface area (Å²) >= 11 is 0. The van der Waals surface area contributed by atoms with Gasteiger partial charge in [-0.3, -0.25) is 10.1 Å². The molecular formula is C11H16N4O3. The number of hydrogen-bond acceptors (Lipinski definition) is 6. The van der Waals surface area contributed by atoms with Crippen LogP contribution in [0, 0.1) is 10.1 Å². The standard InChI is InChI=1S/C11H16N4O3/c1-7-5-14(6-8(2)18-7)10-4-3-9(15(16)17)11(12)13-10/h3-4,7-8H,5-6H2,1-2H3,(H2,12,13). The van der Waals surface area contributed by atoms with Gasteiger partial charge in [0.25, 0.3) is 0 Å². The zero-order chi connectivity index (χ0) is 13.3. The first kappa shape index (κ1) is 12.6. The Morgan fingerprint density at radius 1 is 1.44 bits per heavy atom. The molecule has 0 saturated carbocycles. The normalized spacial score (nSPS) is 24.0. The molecule has 18 heavy (non-hydrogen) atoms. The van der Waals surface area contributed by atoms with Crippen molar-refractivity contribution in [1.82, 2.24) is 4.98 Å². The second-order valence-electron chi connectivity index (χ2n) is 4.49. The van der Waals surface area contributed by atoms with Crippen LogP contribution in [0.15, 0.2) is 12.1 Å². The molecule has 0 aliphatic carbocycles. The van der Waals surface area contributed by atoms with Crippen LogP contribution in [0.2, 0.25) is 0 Å². The van der Waals surface area contributed by atoms with Gasteiger partial charge in [-0.2, -0.15) is 0 Å². The Morgan fingerprint density at radius 2 is 2.06 bits per heavy atom. The smallest absolute Gasteiger partial charge is 0.311 e. The lowest BCUT2D eigenvalue weighted by atomic mass is 10.2. The van der Waals surface area contributed by atoms with E-state index in [0.717, 1.165) is 0 Å². The molecule has 0 aromatic carbocycles. The van der Waals surface area contributed by atoms with Gasteiger partial charge in [-0.1, -0.05) is 0 Å². The first-order valence-corrected chi connectivity index (χ1v) is 5.78. The summed E-state index contributed by atoms with van der Waals surface area (Å²) in [6, 6.07) is 3.02. The molecule has 1 aromatic heterocycles. The van der Waals surface area contributed by atoms with Crippen molar-refractivity contribution in [3.63, 3.8) is 0 Å². The molecule has 2 N–H and O–H groups in total. The zero-order valence-corrected chi connectivity index (χ0v) is 10.4. The summed E-state index contributed by atoms with van der Waals surface area (Å²) in [6.07, 6.45) is 0.207. The summed E-state index contributed by atoms with van der Waals surface area (Å²) in [5.74, 6) is 0.601. The van der Waals surface area contributed by atoms with E-state index in [-0.39, 0.29) is 23.7 Å². The van der Waals surface area contributed by atoms with Gasteiger partial charge in [0.2, 0.25) is 5.82 Å². The highest BCUT2D eigenvalue weighted by Crippen LogP contribution is 2.25. The van der Waals surface area contributed by atoms with Crippen molar-refractivity contribution in [2.75, 3.05) is 23.7 Å². The molecule has 1 aromatic rings. The Hall–Kier alpha value is -1.89. The minimum Gasteiger partial charge on any atom is -0.378 e. The largest absolute Gasteiger partial charge is 0.378 e. The van der Waals surface area contributed by atoms with Gasteiger partial charge in [-0.25, -0.2) is 4.98 Å². The van der Waals surface area contributed by atoms with Crippen molar-refractivity contribution in [2.45, 2.75) is 26.1 Å². The zero-order valence-electron chi connectivity index (χ0n) is 10.4.